The number of hydrogen-bond acceptors (Lipinski definition) is 3. The molecule has 1 aromatic carbocycles. The van der Waals surface area contributed by atoms with Crippen molar-refractivity contribution in [2.45, 2.75) is 19.9 Å². The van der Waals surface area contributed by atoms with Crippen molar-refractivity contribution in [2.75, 3.05) is 11.9 Å². The Bertz CT molecular complexity index is 553. The average molecular weight is 289 g/mol. The van der Waals surface area contributed by atoms with Gasteiger partial charge < -0.3 is 16.0 Å². The molecule has 3 N–H and O–H groups in total. The average Bonchev–Trinajstić information content (AvgIpc) is 2.44. The topological polar surface area (TPSA) is 87.3 Å². The molecule has 0 heterocycles. The van der Waals surface area contributed by atoms with Gasteiger partial charge in [-0.05, 0) is 26.0 Å². The maximum atomic E-state index is 12.0. The highest BCUT2D eigenvalue weighted by Crippen LogP contribution is 2.15. The standard InChI is InChI=1S/C15H19N3O3/c1-4-9-16-14(20)15(21)18-12-8-6-5-7-11(12)13(19)17-10(2)3/h4-8,10H,1,9H2,2-3H3,(H,16,20)(H,17,19)(H,18,21). The van der Waals surface area contributed by atoms with E-state index in [-0.39, 0.29) is 24.2 Å². The molecule has 0 bridgehead atoms. The lowest BCUT2D eigenvalue weighted by Gasteiger charge is -2.12. The van der Waals surface area contributed by atoms with Crippen molar-refractivity contribution in [1.82, 2.24) is 10.6 Å². The van der Waals surface area contributed by atoms with Crippen LogP contribution in [-0.2, 0) is 9.59 Å². The van der Waals surface area contributed by atoms with Crippen LogP contribution in [0.4, 0.5) is 5.69 Å². The fraction of sp³-hybridized carbons (Fsp3) is 0.267. The van der Waals surface area contributed by atoms with Crippen LogP contribution in [0.2, 0.25) is 0 Å². The van der Waals surface area contributed by atoms with E-state index in [0.29, 0.717) is 5.56 Å². The fourth-order valence-electron chi connectivity index (χ4n) is 1.55. The molecule has 6 nitrogen and oxygen atoms in total. The predicted octanol–water partition coefficient (Wildman–Crippen LogP) is 1.07. The first-order valence-corrected chi connectivity index (χ1v) is 6.55. The summed E-state index contributed by atoms with van der Waals surface area (Å²) in [5, 5.41) is 7.52. The van der Waals surface area contributed by atoms with E-state index in [2.05, 4.69) is 22.5 Å². The minimum absolute atomic E-state index is 0.0304. The van der Waals surface area contributed by atoms with E-state index in [1.54, 1.807) is 24.3 Å². The Morgan fingerprint density at radius 3 is 2.48 bits per heavy atom. The van der Waals surface area contributed by atoms with E-state index in [0.717, 1.165) is 0 Å². The maximum Gasteiger partial charge on any atom is 0.313 e. The number of carbonyl (C=O) groups excluding carboxylic acids is 3. The van der Waals surface area contributed by atoms with Crippen molar-refractivity contribution in [3.63, 3.8) is 0 Å². The summed E-state index contributed by atoms with van der Waals surface area (Å²) in [5.41, 5.74) is 0.588. The predicted molar refractivity (Wildman–Crippen MR) is 80.9 cm³/mol. The van der Waals surface area contributed by atoms with E-state index in [1.165, 1.54) is 6.08 Å². The third-order valence-electron chi connectivity index (χ3n) is 2.45. The highest BCUT2D eigenvalue weighted by molar-refractivity contribution is 6.40. The molecule has 0 atom stereocenters. The largest absolute Gasteiger partial charge is 0.350 e. The Hall–Kier alpha value is -2.63. The molecule has 1 aromatic rings. The van der Waals surface area contributed by atoms with Crippen molar-refractivity contribution >= 4 is 23.4 Å². The lowest BCUT2D eigenvalue weighted by atomic mass is 10.1. The second-order valence-corrected chi connectivity index (χ2v) is 4.63. The minimum atomic E-state index is -0.832. The molecule has 0 radical (unpaired) electrons. The monoisotopic (exact) mass is 289 g/mol. The molecule has 21 heavy (non-hydrogen) atoms. The number of rotatable bonds is 5. The van der Waals surface area contributed by atoms with Crippen LogP contribution in [0, 0.1) is 0 Å². The molecule has 0 unspecified atom stereocenters. The number of carbonyl (C=O) groups is 3. The van der Waals surface area contributed by atoms with Gasteiger partial charge in [-0.3, -0.25) is 14.4 Å². The van der Waals surface area contributed by atoms with Gasteiger partial charge in [-0.15, -0.1) is 6.58 Å². The number of hydrogen-bond donors (Lipinski definition) is 3. The number of benzene rings is 1. The lowest BCUT2D eigenvalue weighted by molar-refractivity contribution is -0.136. The summed E-state index contributed by atoms with van der Waals surface area (Å²) in [6, 6.07) is 6.46. The molecular formula is C15H19N3O3. The van der Waals surface area contributed by atoms with Gasteiger partial charge in [0.25, 0.3) is 5.91 Å². The highest BCUT2D eigenvalue weighted by atomic mass is 16.2. The zero-order valence-electron chi connectivity index (χ0n) is 12.1. The van der Waals surface area contributed by atoms with E-state index < -0.39 is 11.8 Å². The van der Waals surface area contributed by atoms with Crippen LogP contribution in [0.3, 0.4) is 0 Å². The summed E-state index contributed by atoms with van der Waals surface area (Å²) in [5.74, 6) is -1.93. The zero-order chi connectivity index (χ0) is 15.8. The third kappa shape index (κ3) is 5.10. The van der Waals surface area contributed by atoms with Gasteiger partial charge >= 0.3 is 11.8 Å². The Morgan fingerprint density at radius 1 is 1.19 bits per heavy atom. The Labute approximate surface area is 123 Å². The molecular weight excluding hydrogens is 270 g/mol. The fourth-order valence-corrected chi connectivity index (χ4v) is 1.55. The van der Waals surface area contributed by atoms with Crippen LogP contribution < -0.4 is 16.0 Å². The molecule has 0 aromatic heterocycles. The first-order valence-electron chi connectivity index (χ1n) is 6.55. The molecule has 3 amide bonds. The Balaban J connectivity index is 2.84. The highest BCUT2D eigenvalue weighted by Gasteiger charge is 2.17. The summed E-state index contributed by atoms with van der Waals surface area (Å²) in [7, 11) is 0. The van der Waals surface area contributed by atoms with E-state index in [9.17, 15) is 14.4 Å². The molecule has 1 rings (SSSR count). The van der Waals surface area contributed by atoms with Gasteiger partial charge in [0, 0.05) is 12.6 Å². The van der Waals surface area contributed by atoms with Gasteiger partial charge in [0.2, 0.25) is 0 Å². The van der Waals surface area contributed by atoms with Crippen molar-refractivity contribution in [3.05, 3.63) is 42.5 Å². The van der Waals surface area contributed by atoms with Crippen LogP contribution >= 0.6 is 0 Å². The Kier molecular flexibility index (Phi) is 6.13. The molecule has 6 heteroatoms. The van der Waals surface area contributed by atoms with E-state index in [4.69, 9.17) is 0 Å². The number of para-hydroxylation sites is 1. The molecule has 0 spiro atoms. The van der Waals surface area contributed by atoms with Crippen LogP contribution in [-0.4, -0.2) is 30.3 Å². The molecule has 0 saturated carbocycles. The van der Waals surface area contributed by atoms with Gasteiger partial charge in [-0.25, -0.2) is 0 Å². The lowest BCUT2D eigenvalue weighted by Crippen LogP contribution is -2.36. The molecule has 112 valence electrons. The van der Waals surface area contributed by atoms with Crippen molar-refractivity contribution in [1.29, 1.82) is 0 Å². The third-order valence-corrected chi connectivity index (χ3v) is 2.45. The van der Waals surface area contributed by atoms with Crippen molar-refractivity contribution < 1.29 is 14.4 Å². The quantitative estimate of drug-likeness (QED) is 0.559. The number of anilines is 1. The van der Waals surface area contributed by atoms with Crippen LogP contribution in [0.1, 0.15) is 24.2 Å². The van der Waals surface area contributed by atoms with Gasteiger partial charge in [-0.2, -0.15) is 0 Å². The SMILES string of the molecule is C=CCNC(=O)C(=O)Nc1ccccc1C(=O)NC(C)C. The molecule has 0 aliphatic heterocycles. The molecule has 0 fully saturated rings. The molecule has 0 aliphatic rings. The smallest absolute Gasteiger partial charge is 0.313 e. The van der Waals surface area contributed by atoms with Gasteiger partial charge in [0.15, 0.2) is 0 Å². The summed E-state index contributed by atoms with van der Waals surface area (Å²) in [4.78, 5) is 35.2. The second kappa shape index (κ2) is 7.84. The van der Waals surface area contributed by atoms with Crippen molar-refractivity contribution in [2.24, 2.45) is 0 Å². The first kappa shape index (κ1) is 16.4. The van der Waals surface area contributed by atoms with Crippen molar-refractivity contribution in [3.8, 4) is 0 Å². The van der Waals surface area contributed by atoms with Crippen LogP contribution in [0.15, 0.2) is 36.9 Å². The second-order valence-electron chi connectivity index (χ2n) is 4.63. The molecule has 0 aliphatic carbocycles. The summed E-state index contributed by atoms with van der Waals surface area (Å²) < 4.78 is 0. The van der Waals surface area contributed by atoms with Crippen LogP contribution in [0.25, 0.3) is 0 Å². The molecule has 0 saturated heterocycles. The van der Waals surface area contributed by atoms with E-state index >= 15 is 0 Å². The minimum Gasteiger partial charge on any atom is -0.350 e. The van der Waals surface area contributed by atoms with Gasteiger partial charge in [0.05, 0.1) is 11.3 Å². The summed E-state index contributed by atoms with van der Waals surface area (Å²) >= 11 is 0. The van der Waals surface area contributed by atoms with Gasteiger partial charge in [-0.1, -0.05) is 18.2 Å². The van der Waals surface area contributed by atoms with E-state index in [1.807, 2.05) is 13.8 Å². The Morgan fingerprint density at radius 2 is 1.86 bits per heavy atom. The normalized spacial score (nSPS) is 9.86. The zero-order valence-corrected chi connectivity index (χ0v) is 12.1. The summed E-state index contributed by atoms with van der Waals surface area (Å²) in [6.07, 6.45) is 1.47. The van der Waals surface area contributed by atoms with Gasteiger partial charge in [0.1, 0.15) is 0 Å². The van der Waals surface area contributed by atoms with Crippen LogP contribution in [0.5, 0.6) is 0 Å². The first-order chi connectivity index (χ1) is 9.95. The summed E-state index contributed by atoms with van der Waals surface area (Å²) in [6.45, 7) is 7.31. The number of amides is 3. The maximum absolute atomic E-state index is 12.0. The number of nitrogens with one attached hydrogen (secondary N) is 3.